The zero-order valence-corrected chi connectivity index (χ0v) is 23.9. The number of amides is 2. The molecule has 1 aromatic heterocycles. The number of alkyl halides is 3. The van der Waals surface area contributed by atoms with Gasteiger partial charge in [0.05, 0.1) is 41.8 Å². The summed E-state index contributed by atoms with van der Waals surface area (Å²) < 4.78 is 54.7. The Hall–Kier alpha value is -3.97. The van der Waals surface area contributed by atoms with Gasteiger partial charge in [-0.25, -0.2) is 4.68 Å². The minimum atomic E-state index is -4.65. The van der Waals surface area contributed by atoms with Gasteiger partial charge in [0.15, 0.2) is 0 Å². The Morgan fingerprint density at radius 2 is 1.84 bits per heavy atom. The second-order valence-corrected chi connectivity index (χ2v) is 11.4. The molecule has 228 valence electrons. The van der Waals surface area contributed by atoms with E-state index in [1.54, 1.807) is 15.8 Å². The summed E-state index contributed by atoms with van der Waals surface area (Å²) >= 11 is 0. The topological polar surface area (TPSA) is 93.0 Å². The number of aromatic nitrogens is 3. The van der Waals surface area contributed by atoms with Crippen LogP contribution in [0.5, 0.6) is 5.75 Å². The summed E-state index contributed by atoms with van der Waals surface area (Å²) in [7, 11) is 0. The van der Waals surface area contributed by atoms with E-state index in [9.17, 15) is 22.8 Å². The summed E-state index contributed by atoms with van der Waals surface area (Å²) in [6.07, 6.45) is -3.23. The molecule has 0 unspecified atom stereocenters. The van der Waals surface area contributed by atoms with Crippen molar-refractivity contribution in [3.05, 3.63) is 71.5 Å². The van der Waals surface area contributed by atoms with E-state index in [4.69, 9.17) is 9.47 Å². The number of rotatable bonds is 5. The first-order valence-electron chi connectivity index (χ1n) is 14.4. The van der Waals surface area contributed by atoms with Crippen molar-refractivity contribution < 1.29 is 32.2 Å². The number of para-hydroxylation sites is 1. The van der Waals surface area contributed by atoms with Crippen LogP contribution in [0.1, 0.15) is 41.9 Å². The molecule has 3 aromatic rings. The van der Waals surface area contributed by atoms with Gasteiger partial charge >= 0.3 is 6.18 Å². The molecule has 13 heteroatoms. The molecule has 3 aliphatic rings. The highest BCUT2D eigenvalue weighted by Gasteiger charge is 2.46. The van der Waals surface area contributed by atoms with Crippen molar-refractivity contribution in [1.82, 2.24) is 29.7 Å². The van der Waals surface area contributed by atoms with E-state index in [1.165, 1.54) is 11.0 Å². The fourth-order valence-electron chi connectivity index (χ4n) is 5.96. The lowest BCUT2D eigenvalue weighted by atomic mass is 10.0. The van der Waals surface area contributed by atoms with Crippen LogP contribution in [-0.4, -0.2) is 98.5 Å². The number of hydrogen-bond donors (Lipinski definition) is 0. The van der Waals surface area contributed by atoms with Crippen LogP contribution in [0.25, 0.3) is 5.69 Å². The Labute approximate surface area is 246 Å². The maximum atomic E-state index is 14.0. The Kier molecular flexibility index (Phi) is 7.86. The molecule has 43 heavy (non-hydrogen) atoms. The number of fused-ring (bicyclic) bond motifs is 3. The van der Waals surface area contributed by atoms with Gasteiger partial charge in [0, 0.05) is 38.6 Å². The van der Waals surface area contributed by atoms with Gasteiger partial charge in [-0.05, 0) is 44.2 Å². The largest absolute Gasteiger partial charge is 0.491 e. The lowest BCUT2D eigenvalue weighted by Crippen LogP contribution is -2.62. The number of hydrogen-bond acceptors (Lipinski definition) is 7. The van der Waals surface area contributed by atoms with E-state index in [1.807, 2.05) is 30.3 Å². The van der Waals surface area contributed by atoms with Crippen molar-refractivity contribution in [3.63, 3.8) is 0 Å². The zero-order chi connectivity index (χ0) is 30.3. The fourth-order valence-corrected chi connectivity index (χ4v) is 5.96. The maximum absolute atomic E-state index is 14.0. The molecule has 0 radical (unpaired) electrons. The van der Waals surface area contributed by atoms with Gasteiger partial charge in [-0.15, -0.1) is 5.10 Å². The highest BCUT2D eigenvalue weighted by atomic mass is 19.4. The van der Waals surface area contributed by atoms with Gasteiger partial charge in [0.1, 0.15) is 24.1 Å². The summed E-state index contributed by atoms with van der Waals surface area (Å²) in [4.78, 5) is 33.2. The summed E-state index contributed by atoms with van der Waals surface area (Å²) in [5.41, 5.74) is 0.222. The van der Waals surface area contributed by atoms with Gasteiger partial charge in [0.2, 0.25) is 5.91 Å². The van der Waals surface area contributed by atoms with Crippen LogP contribution in [0.4, 0.5) is 13.2 Å². The summed E-state index contributed by atoms with van der Waals surface area (Å²) in [6, 6.07) is 11.4. The number of carbonyl (C=O) groups excluding carboxylic acids is 2. The quantitative estimate of drug-likeness (QED) is 0.445. The van der Waals surface area contributed by atoms with Crippen molar-refractivity contribution in [3.8, 4) is 11.4 Å². The number of nitrogens with zero attached hydrogens (tertiary/aromatic N) is 6. The smallest absolute Gasteiger partial charge is 0.416 e. The first kappa shape index (κ1) is 29.1. The number of piperazine rings is 1. The molecule has 0 bridgehead atoms. The van der Waals surface area contributed by atoms with Crippen molar-refractivity contribution in [1.29, 1.82) is 0 Å². The van der Waals surface area contributed by atoms with Gasteiger partial charge in [-0.1, -0.05) is 23.4 Å². The molecule has 3 atom stereocenters. The number of halogens is 3. The Morgan fingerprint density at radius 3 is 2.58 bits per heavy atom. The third-order valence-corrected chi connectivity index (χ3v) is 8.33. The third-order valence-electron chi connectivity index (χ3n) is 8.33. The average Bonchev–Trinajstić information content (AvgIpc) is 3.65. The van der Waals surface area contributed by atoms with Gasteiger partial charge < -0.3 is 19.3 Å². The molecular weight excluding hydrogens is 565 g/mol. The second-order valence-electron chi connectivity index (χ2n) is 11.4. The molecule has 0 spiro atoms. The lowest BCUT2D eigenvalue weighted by molar-refractivity contribution is -0.142. The van der Waals surface area contributed by atoms with E-state index >= 15 is 0 Å². The predicted octanol–water partition coefficient (Wildman–Crippen LogP) is 3.40. The molecule has 10 nitrogen and oxygen atoms in total. The van der Waals surface area contributed by atoms with E-state index in [2.05, 4.69) is 29.1 Å². The minimum Gasteiger partial charge on any atom is -0.491 e. The monoisotopic (exact) mass is 598 g/mol. The minimum absolute atomic E-state index is 0.0361. The molecule has 2 saturated heterocycles. The van der Waals surface area contributed by atoms with Crippen LogP contribution < -0.4 is 4.74 Å². The van der Waals surface area contributed by atoms with Crippen LogP contribution in [0.3, 0.4) is 0 Å². The number of carbonyl (C=O) groups is 2. The zero-order valence-electron chi connectivity index (χ0n) is 23.9. The number of ether oxygens (including phenoxy) is 2. The highest BCUT2D eigenvalue weighted by molar-refractivity contribution is 6.00. The van der Waals surface area contributed by atoms with Gasteiger partial charge in [0.25, 0.3) is 5.91 Å². The molecule has 3 aliphatic heterocycles. The molecule has 2 aromatic carbocycles. The van der Waals surface area contributed by atoms with Crippen molar-refractivity contribution >= 4 is 11.8 Å². The maximum Gasteiger partial charge on any atom is 0.416 e. The normalized spacial score (nSPS) is 23.2. The fraction of sp³-hybridized carbons (Fsp3) is 0.467. The summed E-state index contributed by atoms with van der Waals surface area (Å²) in [6.45, 7) is 6.01. The molecular formula is C30H33F3N6O4. The molecule has 6 rings (SSSR count). The summed E-state index contributed by atoms with van der Waals surface area (Å²) in [5, 5.41) is 8.31. The Bertz CT molecular complexity index is 1480. The summed E-state index contributed by atoms with van der Waals surface area (Å²) in [5.74, 6) is -0.878. The van der Waals surface area contributed by atoms with Crippen molar-refractivity contribution in [2.45, 2.75) is 57.3 Å². The predicted molar refractivity (Wildman–Crippen MR) is 149 cm³/mol. The van der Waals surface area contributed by atoms with Crippen LogP contribution in [0.2, 0.25) is 0 Å². The SMILES string of the molecule is CC(C)N1CCN2C(=O)[C@@H]3C[C@@H](OCc4cn(-c5ccccc5)nn4)CN3C(=O)c3cc(C(F)(F)F)ccc3OC[C@@H]2C1. The van der Waals surface area contributed by atoms with E-state index in [0.717, 1.165) is 17.8 Å². The number of benzene rings is 2. The lowest BCUT2D eigenvalue weighted by Gasteiger charge is -2.44. The van der Waals surface area contributed by atoms with Crippen molar-refractivity contribution in [2.24, 2.45) is 0 Å². The average molecular weight is 599 g/mol. The standard InChI is InChI=1S/C30H33F3N6O4/c1-19(2)36-10-11-37-23(15-36)18-43-27-9-8-20(30(31,32)33)12-25(27)28(40)38-16-24(13-26(38)29(37)41)42-17-21-14-39(35-34-21)22-6-4-3-5-7-22/h3-9,12,14,19,23-24,26H,10-11,13,15-18H2,1-2H3/t23-,24+,26-/m0/s1. The molecule has 2 fully saturated rings. The molecule has 0 saturated carbocycles. The first-order chi connectivity index (χ1) is 20.6. The third kappa shape index (κ3) is 5.96. The van der Waals surface area contributed by atoms with Crippen LogP contribution in [0.15, 0.2) is 54.7 Å². The molecule has 0 aliphatic carbocycles. The molecule has 0 N–H and O–H groups in total. The Balaban J connectivity index is 1.27. The first-order valence-corrected chi connectivity index (χ1v) is 14.4. The second kappa shape index (κ2) is 11.6. The molecule has 4 heterocycles. The van der Waals surface area contributed by atoms with E-state index in [0.29, 0.717) is 25.3 Å². The van der Waals surface area contributed by atoms with Crippen LogP contribution in [0, 0.1) is 0 Å². The highest BCUT2D eigenvalue weighted by Crippen LogP contribution is 2.36. The van der Waals surface area contributed by atoms with Crippen molar-refractivity contribution in [2.75, 3.05) is 32.8 Å². The van der Waals surface area contributed by atoms with E-state index in [-0.39, 0.29) is 55.5 Å². The molecule has 2 amide bonds. The van der Waals surface area contributed by atoms with E-state index < -0.39 is 29.8 Å². The van der Waals surface area contributed by atoms with Gasteiger partial charge in [-0.2, -0.15) is 13.2 Å². The van der Waals surface area contributed by atoms with Crippen LogP contribution >= 0.6 is 0 Å². The van der Waals surface area contributed by atoms with Crippen LogP contribution in [-0.2, 0) is 22.3 Å². The Morgan fingerprint density at radius 1 is 1.05 bits per heavy atom. The van der Waals surface area contributed by atoms with Gasteiger partial charge in [-0.3, -0.25) is 14.5 Å².